The normalized spacial score (nSPS) is 13.2. The Morgan fingerprint density at radius 3 is 2.43 bits per heavy atom. The van der Waals surface area contributed by atoms with E-state index in [4.69, 9.17) is 11.0 Å². The van der Waals surface area contributed by atoms with Crippen LogP contribution in [0.2, 0.25) is 0 Å². The summed E-state index contributed by atoms with van der Waals surface area (Å²) in [7, 11) is 2.11. The molecule has 0 aliphatic carbocycles. The van der Waals surface area contributed by atoms with E-state index in [0.29, 0.717) is 42.7 Å². The average Bonchev–Trinajstić information content (AvgIpc) is 3.07. The van der Waals surface area contributed by atoms with Crippen molar-refractivity contribution < 1.29 is 9.59 Å². The maximum atomic E-state index is 13.3. The second-order valence-corrected chi connectivity index (χ2v) is 11.0. The van der Waals surface area contributed by atoms with Gasteiger partial charge in [-0.2, -0.15) is 5.26 Å². The molecule has 1 aromatic heterocycles. The van der Waals surface area contributed by atoms with Gasteiger partial charge in [-0.15, -0.1) is 0 Å². The Kier molecular flexibility index (Phi) is 9.97. The molecule has 9 heteroatoms. The van der Waals surface area contributed by atoms with Crippen molar-refractivity contribution in [2.45, 2.75) is 13.0 Å². The highest BCUT2D eigenvalue weighted by atomic mass is 16.2. The lowest BCUT2D eigenvalue weighted by Crippen LogP contribution is -2.44. The van der Waals surface area contributed by atoms with E-state index in [1.54, 1.807) is 48.8 Å². The number of anilines is 2. The van der Waals surface area contributed by atoms with Gasteiger partial charge in [-0.1, -0.05) is 24.3 Å². The van der Waals surface area contributed by atoms with E-state index >= 15 is 0 Å². The predicted molar refractivity (Wildman–Crippen MR) is 173 cm³/mol. The Morgan fingerprint density at radius 2 is 1.73 bits per heavy atom. The van der Waals surface area contributed by atoms with Gasteiger partial charge in [0.2, 0.25) is 0 Å². The summed E-state index contributed by atoms with van der Waals surface area (Å²) in [6.45, 7) is 5.05. The number of aromatic nitrogens is 1. The first-order valence-corrected chi connectivity index (χ1v) is 14.8. The van der Waals surface area contributed by atoms with Crippen LogP contribution in [0.4, 0.5) is 11.4 Å². The first-order chi connectivity index (χ1) is 21.4. The van der Waals surface area contributed by atoms with Gasteiger partial charge in [-0.05, 0) is 91.3 Å². The molecule has 4 aromatic rings. The molecule has 0 unspecified atom stereocenters. The van der Waals surface area contributed by atoms with E-state index in [1.165, 1.54) is 0 Å². The number of likely N-dealkylation sites (N-methyl/N-ethyl adjacent to an activating group) is 1. The van der Waals surface area contributed by atoms with Crippen molar-refractivity contribution in [3.05, 3.63) is 114 Å². The Labute approximate surface area is 258 Å². The van der Waals surface area contributed by atoms with Crippen LogP contribution in [-0.4, -0.2) is 72.9 Å². The van der Waals surface area contributed by atoms with Gasteiger partial charge in [-0.25, -0.2) is 0 Å². The number of carbonyl (C=O) groups excluding carboxylic acids is 2. The molecule has 1 saturated heterocycles. The molecule has 5 rings (SSSR count). The second kappa shape index (κ2) is 14.4. The van der Waals surface area contributed by atoms with E-state index in [2.05, 4.69) is 51.4 Å². The number of carbonyl (C=O) groups is 2. The van der Waals surface area contributed by atoms with Crippen LogP contribution in [0.15, 0.2) is 91.3 Å². The third kappa shape index (κ3) is 7.48. The molecule has 9 nitrogen and oxygen atoms in total. The molecule has 224 valence electrons. The maximum Gasteiger partial charge on any atom is 0.255 e. The van der Waals surface area contributed by atoms with Crippen molar-refractivity contribution in [2.75, 3.05) is 56.5 Å². The quantitative estimate of drug-likeness (QED) is 0.278. The maximum absolute atomic E-state index is 13.3. The topological polar surface area (TPSA) is 119 Å². The van der Waals surface area contributed by atoms with Gasteiger partial charge >= 0.3 is 0 Å². The number of amides is 2. The number of nitrogens with two attached hydrogens (primary N) is 1. The molecule has 3 N–H and O–H groups in total. The fourth-order valence-corrected chi connectivity index (χ4v) is 5.31. The van der Waals surface area contributed by atoms with Gasteiger partial charge in [-0.3, -0.25) is 14.6 Å². The van der Waals surface area contributed by atoms with Crippen LogP contribution in [0.3, 0.4) is 0 Å². The number of hydrogen-bond donors (Lipinski definition) is 2. The zero-order valence-corrected chi connectivity index (χ0v) is 24.9. The van der Waals surface area contributed by atoms with E-state index < -0.39 is 0 Å². The van der Waals surface area contributed by atoms with Gasteiger partial charge in [0.15, 0.2) is 0 Å². The van der Waals surface area contributed by atoms with Gasteiger partial charge < -0.3 is 25.8 Å². The number of rotatable bonds is 10. The smallest absolute Gasteiger partial charge is 0.255 e. The van der Waals surface area contributed by atoms with Gasteiger partial charge in [0, 0.05) is 57.2 Å². The first-order valence-electron chi connectivity index (χ1n) is 14.8. The van der Waals surface area contributed by atoms with E-state index in [1.807, 2.05) is 29.2 Å². The summed E-state index contributed by atoms with van der Waals surface area (Å²) in [4.78, 5) is 37.1. The summed E-state index contributed by atoms with van der Waals surface area (Å²) in [6.07, 6.45) is 3.94. The van der Waals surface area contributed by atoms with E-state index in [9.17, 15) is 9.59 Å². The molecule has 0 atom stereocenters. The molecule has 44 heavy (non-hydrogen) atoms. The van der Waals surface area contributed by atoms with Crippen molar-refractivity contribution >= 4 is 23.2 Å². The predicted octanol–water partition coefficient (Wildman–Crippen LogP) is 4.62. The highest BCUT2D eigenvalue weighted by molar-refractivity contribution is 6.06. The molecule has 1 fully saturated rings. The van der Waals surface area contributed by atoms with Crippen LogP contribution < -0.4 is 16.0 Å². The Morgan fingerprint density at radius 1 is 0.955 bits per heavy atom. The number of hydrogen-bond acceptors (Lipinski definition) is 7. The van der Waals surface area contributed by atoms with Crippen molar-refractivity contribution in [1.29, 1.82) is 5.26 Å². The van der Waals surface area contributed by atoms with Gasteiger partial charge in [0.1, 0.15) is 0 Å². The molecule has 1 aliphatic heterocycles. The molecule has 0 bridgehead atoms. The van der Waals surface area contributed by atoms with Gasteiger partial charge in [0.25, 0.3) is 11.8 Å². The number of nitrogens with one attached hydrogen (secondary N) is 1. The lowest BCUT2D eigenvalue weighted by molar-refractivity contribution is 0.0741. The molecule has 0 spiro atoms. The number of nitriles is 1. The summed E-state index contributed by atoms with van der Waals surface area (Å²) in [6, 6.07) is 26.5. The molecule has 3 aromatic carbocycles. The molecular weight excluding hydrogens is 550 g/mol. The summed E-state index contributed by atoms with van der Waals surface area (Å²) in [5.41, 5.74) is 11.9. The molecule has 0 radical (unpaired) electrons. The third-order valence-corrected chi connectivity index (χ3v) is 7.83. The zero-order chi connectivity index (χ0) is 30.9. The minimum Gasteiger partial charge on any atom is -0.367 e. The molecular formula is C35H37N7O2. The summed E-state index contributed by atoms with van der Waals surface area (Å²) < 4.78 is 0. The highest BCUT2D eigenvalue weighted by Crippen LogP contribution is 2.33. The van der Waals surface area contributed by atoms with Gasteiger partial charge in [0.05, 0.1) is 28.6 Å². The van der Waals surface area contributed by atoms with Crippen molar-refractivity contribution in [1.82, 2.24) is 14.8 Å². The molecule has 0 saturated carbocycles. The highest BCUT2D eigenvalue weighted by Gasteiger charge is 2.20. The Balaban J connectivity index is 1.43. The van der Waals surface area contributed by atoms with Crippen LogP contribution in [0.5, 0.6) is 0 Å². The number of piperazine rings is 1. The Bertz CT molecular complexity index is 1630. The summed E-state index contributed by atoms with van der Waals surface area (Å²) >= 11 is 0. The van der Waals surface area contributed by atoms with Crippen molar-refractivity contribution in [3.8, 4) is 17.2 Å². The van der Waals surface area contributed by atoms with E-state index in [-0.39, 0.29) is 11.8 Å². The average molecular weight is 588 g/mol. The lowest BCUT2D eigenvalue weighted by Gasteiger charge is -2.35. The van der Waals surface area contributed by atoms with Crippen LogP contribution in [-0.2, 0) is 6.54 Å². The third-order valence-electron chi connectivity index (χ3n) is 7.83. The Hall–Kier alpha value is -5.04. The minimum absolute atomic E-state index is 0.0821. The molecule has 2 amide bonds. The monoisotopic (exact) mass is 587 g/mol. The van der Waals surface area contributed by atoms with E-state index in [0.717, 1.165) is 54.2 Å². The minimum atomic E-state index is -0.236. The SMILES string of the molecule is CN1CCN(c2ccc(-c3cccc(CN(CCCN)C(=O)c4cccnc4)c3)cc2NC(=O)c2ccc(C#N)cc2)CC1. The van der Waals surface area contributed by atoms with Crippen molar-refractivity contribution in [3.63, 3.8) is 0 Å². The number of nitrogens with zero attached hydrogens (tertiary/aromatic N) is 5. The van der Waals surface area contributed by atoms with Crippen LogP contribution in [0, 0.1) is 11.3 Å². The fourth-order valence-electron chi connectivity index (χ4n) is 5.31. The molecule has 2 heterocycles. The summed E-state index contributed by atoms with van der Waals surface area (Å²) in [5.74, 6) is -0.318. The zero-order valence-electron chi connectivity index (χ0n) is 24.9. The number of pyridine rings is 1. The number of benzene rings is 3. The van der Waals surface area contributed by atoms with Crippen LogP contribution in [0.1, 0.15) is 38.3 Å². The lowest BCUT2D eigenvalue weighted by atomic mass is 10.0. The standard InChI is InChI=1S/C35H37N7O2/c1-40-17-19-41(20-18-40)33-13-12-30(22-32(33)39-34(43)28-10-8-26(23-37)9-11-28)29-6-2-5-27(21-29)25-42(16-4-14-36)35(44)31-7-3-15-38-24-31/h2-3,5-13,15,21-22,24H,4,14,16-20,25,36H2,1H3,(H,39,43). The second-order valence-electron chi connectivity index (χ2n) is 11.0. The molecule has 1 aliphatic rings. The first kappa shape index (κ1) is 30.4. The largest absolute Gasteiger partial charge is 0.367 e. The van der Waals surface area contributed by atoms with Crippen LogP contribution >= 0.6 is 0 Å². The van der Waals surface area contributed by atoms with Crippen LogP contribution in [0.25, 0.3) is 11.1 Å². The fraction of sp³-hybridized carbons (Fsp3) is 0.257. The summed E-state index contributed by atoms with van der Waals surface area (Å²) in [5, 5.41) is 12.3. The van der Waals surface area contributed by atoms with Crippen molar-refractivity contribution in [2.24, 2.45) is 5.73 Å².